The van der Waals surface area contributed by atoms with Crippen LogP contribution in [0.2, 0.25) is 0 Å². The Labute approximate surface area is 140 Å². The summed E-state index contributed by atoms with van der Waals surface area (Å²) in [6.07, 6.45) is 0. The molecule has 3 rings (SSSR count). The number of hydrogen-bond donors (Lipinski definition) is 1. The zero-order valence-corrected chi connectivity index (χ0v) is 13.3. The fourth-order valence-corrected chi connectivity index (χ4v) is 2.45. The molecule has 0 unspecified atom stereocenters. The molecule has 3 nitrogen and oxygen atoms in total. The SMILES string of the molecule is Cc1ccc(C(=O)c2ccc(C(=O)c3ccc(N)cc3)cc2)cc1. The molecule has 3 aromatic rings. The lowest BCUT2D eigenvalue weighted by molar-refractivity contribution is 0.102. The van der Waals surface area contributed by atoms with Crippen LogP contribution in [0.15, 0.2) is 72.8 Å². The van der Waals surface area contributed by atoms with E-state index in [1.54, 1.807) is 48.5 Å². The van der Waals surface area contributed by atoms with Gasteiger partial charge < -0.3 is 5.73 Å². The van der Waals surface area contributed by atoms with E-state index < -0.39 is 0 Å². The number of ketones is 2. The molecule has 0 aromatic heterocycles. The molecule has 0 saturated carbocycles. The van der Waals surface area contributed by atoms with Crippen molar-refractivity contribution >= 4 is 17.3 Å². The van der Waals surface area contributed by atoms with Crippen LogP contribution >= 0.6 is 0 Å². The topological polar surface area (TPSA) is 60.2 Å². The van der Waals surface area contributed by atoms with Crippen molar-refractivity contribution in [2.75, 3.05) is 5.73 Å². The average molecular weight is 315 g/mol. The van der Waals surface area contributed by atoms with Crippen LogP contribution in [-0.4, -0.2) is 11.6 Å². The molecule has 3 heteroatoms. The highest BCUT2D eigenvalue weighted by Gasteiger charge is 2.12. The number of benzene rings is 3. The van der Waals surface area contributed by atoms with Gasteiger partial charge in [-0.25, -0.2) is 0 Å². The lowest BCUT2D eigenvalue weighted by Crippen LogP contribution is -2.04. The van der Waals surface area contributed by atoms with Gasteiger partial charge in [0.2, 0.25) is 0 Å². The molecule has 0 saturated heterocycles. The third kappa shape index (κ3) is 3.25. The third-order valence-electron chi connectivity index (χ3n) is 3.90. The highest BCUT2D eigenvalue weighted by atomic mass is 16.1. The molecule has 0 bridgehead atoms. The Balaban J connectivity index is 1.82. The van der Waals surface area contributed by atoms with E-state index in [0.29, 0.717) is 27.9 Å². The highest BCUT2D eigenvalue weighted by molar-refractivity contribution is 6.11. The van der Waals surface area contributed by atoms with Gasteiger partial charge in [-0.05, 0) is 31.2 Å². The van der Waals surface area contributed by atoms with Gasteiger partial charge in [0.15, 0.2) is 11.6 Å². The van der Waals surface area contributed by atoms with Gasteiger partial charge in [0.1, 0.15) is 0 Å². The first-order chi connectivity index (χ1) is 11.5. The van der Waals surface area contributed by atoms with E-state index in [4.69, 9.17) is 5.73 Å². The predicted molar refractivity (Wildman–Crippen MR) is 95.3 cm³/mol. The first-order valence-electron chi connectivity index (χ1n) is 7.66. The summed E-state index contributed by atoms with van der Waals surface area (Å²) in [6, 6.07) is 21.0. The molecule has 24 heavy (non-hydrogen) atoms. The Morgan fingerprint density at radius 2 is 0.875 bits per heavy atom. The van der Waals surface area contributed by atoms with Gasteiger partial charge in [0.05, 0.1) is 0 Å². The number of nitrogens with two attached hydrogens (primary N) is 1. The summed E-state index contributed by atoms with van der Waals surface area (Å²) < 4.78 is 0. The fraction of sp³-hybridized carbons (Fsp3) is 0.0476. The number of hydrogen-bond acceptors (Lipinski definition) is 3. The summed E-state index contributed by atoms with van der Waals surface area (Å²) >= 11 is 0. The third-order valence-corrected chi connectivity index (χ3v) is 3.90. The van der Waals surface area contributed by atoms with Gasteiger partial charge in [-0.2, -0.15) is 0 Å². The highest BCUT2D eigenvalue weighted by Crippen LogP contribution is 2.15. The number of anilines is 1. The van der Waals surface area contributed by atoms with E-state index in [2.05, 4.69) is 0 Å². The summed E-state index contributed by atoms with van der Waals surface area (Å²) in [6.45, 7) is 1.98. The normalized spacial score (nSPS) is 10.4. The van der Waals surface area contributed by atoms with Crippen LogP contribution in [0.3, 0.4) is 0 Å². The Bertz CT molecular complexity index is 800. The Kier molecular flexibility index (Phi) is 4.25. The Morgan fingerprint density at radius 3 is 1.25 bits per heavy atom. The molecule has 0 atom stereocenters. The lowest BCUT2D eigenvalue weighted by atomic mass is 9.98. The van der Waals surface area contributed by atoms with Crippen molar-refractivity contribution in [3.8, 4) is 0 Å². The quantitative estimate of drug-likeness (QED) is 0.584. The van der Waals surface area contributed by atoms with Crippen LogP contribution < -0.4 is 5.73 Å². The number of nitrogen functional groups attached to an aromatic ring is 1. The minimum atomic E-state index is -0.0932. The maximum atomic E-state index is 12.4. The van der Waals surface area contributed by atoms with E-state index in [1.807, 2.05) is 31.2 Å². The van der Waals surface area contributed by atoms with E-state index in [0.717, 1.165) is 5.56 Å². The molecular formula is C21H17NO2. The molecule has 0 fully saturated rings. The molecule has 0 spiro atoms. The summed E-state index contributed by atoms with van der Waals surface area (Å²) in [5, 5.41) is 0. The van der Waals surface area contributed by atoms with Crippen molar-refractivity contribution in [1.82, 2.24) is 0 Å². The monoisotopic (exact) mass is 315 g/mol. The van der Waals surface area contributed by atoms with E-state index in [9.17, 15) is 9.59 Å². The number of carbonyl (C=O) groups is 2. The molecular weight excluding hydrogens is 298 g/mol. The van der Waals surface area contributed by atoms with Crippen molar-refractivity contribution in [3.63, 3.8) is 0 Å². The zero-order valence-electron chi connectivity index (χ0n) is 13.3. The molecule has 0 amide bonds. The summed E-state index contributed by atoms with van der Waals surface area (Å²) in [4.78, 5) is 24.9. The molecule has 3 aromatic carbocycles. The first-order valence-corrected chi connectivity index (χ1v) is 7.66. The van der Waals surface area contributed by atoms with Gasteiger partial charge in [-0.3, -0.25) is 9.59 Å². The molecule has 118 valence electrons. The second-order valence-electron chi connectivity index (χ2n) is 5.72. The zero-order chi connectivity index (χ0) is 17.1. The van der Waals surface area contributed by atoms with E-state index in [-0.39, 0.29) is 11.6 Å². The van der Waals surface area contributed by atoms with Gasteiger partial charge >= 0.3 is 0 Å². The van der Waals surface area contributed by atoms with Crippen LogP contribution in [0, 0.1) is 6.92 Å². The summed E-state index contributed by atoms with van der Waals surface area (Å²) in [5.74, 6) is -0.147. The molecule has 0 radical (unpaired) electrons. The van der Waals surface area contributed by atoms with Gasteiger partial charge in [0, 0.05) is 27.9 Å². The minimum Gasteiger partial charge on any atom is -0.399 e. The molecule has 2 N–H and O–H groups in total. The standard InChI is InChI=1S/C21H17NO2/c1-14-2-4-15(5-3-14)20(23)16-6-8-17(9-7-16)21(24)18-10-12-19(22)13-11-18/h2-13H,22H2,1H3. The van der Waals surface area contributed by atoms with Crippen LogP contribution in [0.4, 0.5) is 5.69 Å². The lowest BCUT2D eigenvalue weighted by Gasteiger charge is -2.05. The van der Waals surface area contributed by atoms with Crippen molar-refractivity contribution < 1.29 is 9.59 Å². The Hall–Kier alpha value is -3.20. The smallest absolute Gasteiger partial charge is 0.193 e. The van der Waals surface area contributed by atoms with Crippen LogP contribution in [-0.2, 0) is 0 Å². The van der Waals surface area contributed by atoms with Gasteiger partial charge in [-0.1, -0.05) is 54.1 Å². The minimum absolute atomic E-state index is 0.0542. The number of rotatable bonds is 4. The Morgan fingerprint density at radius 1 is 0.583 bits per heavy atom. The second-order valence-corrected chi connectivity index (χ2v) is 5.72. The molecule has 0 heterocycles. The van der Waals surface area contributed by atoms with E-state index in [1.165, 1.54) is 0 Å². The van der Waals surface area contributed by atoms with Gasteiger partial charge in [0.25, 0.3) is 0 Å². The second kappa shape index (κ2) is 6.50. The molecule has 0 aliphatic carbocycles. The van der Waals surface area contributed by atoms with Crippen LogP contribution in [0.1, 0.15) is 37.4 Å². The number of aryl methyl sites for hydroxylation is 1. The van der Waals surface area contributed by atoms with Crippen molar-refractivity contribution in [3.05, 3.63) is 101 Å². The predicted octanol–water partition coefficient (Wildman–Crippen LogP) is 4.04. The maximum Gasteiger partial charge on any atom is 0.193 e. The molecule has 0 aliphatic heterocycles. The number of carbonyl (C=O) groups excluding carboxylic acids is 2. The fourth-order valence-electron chi connectivity index (χ4n) is 2.45. The molecule has 0 aliphatic rings. The van der Waals surface area contributed by atoms with Crippen molar-refractivity contribution in [2.45, 2.75) is 6.92 Å². The van der Waals surface area contributed by atoms with Crippen molar-refractivity contribution in [2.24, 2.45) is 0 Å². The van der Waals surface area contributed by atoms with Crippen LogP contribution in [0.25, 0.3) is 0 Å². The van der Waals surface area contributed by atoms with Crippen molar-refractivity contribution in [1.29, 1.82) is 0 Å². The van der Waals surface area contributed by atoms with Crippen LogP contribution in [0.5, 0.6) is 0 Å². The maximum absolute atomic E-state index is 12.4. The largest absolute Gasteiger partial charge is 0.399 e. The summed E-state index contributed by atoms with van der Waals surface area (Å²) in [7, 11) is 0. The van der Waals surface area contributed by atoms with E-state index >= 15 is 0 Å². The summed E-state index contributed by atoms with van der Waals surface area (Å²) in [5.41, 5.74) is 9.67. The van der Waals surface area contributed by atoms with Gasteiger partial charge in [-0.15, -0.1) is 0 Å². The first kappa shape index (κ1) is 15.7. The average Bonchev–Trinajstić information content (AvgIpc) is 2.62.